The minimum absolute atomic E-state index is 0.0385. The Morgan fingerprint density at radius 2 is 1.67 bits per heavy atom. The summed E-state index contributed by atoms with van der Waals surface area (Å²) in [4.78, 5) is 27.4. The van der Waals surface area contributed by atoms with Crippen molar-refractivity contribution in [3.05, 3.63) is 59.2 Å². The molecule has 0 radical (unpaired) electrons. The molecule has 1 fully saturated rings. The molecule has 33 heavy (non-hydrogen) atoms. The normalized spacial score (nSPS) is 17.3. The van der Waals surface area contributed by atoms with E-state index in [2.05, 4.69) is 6.92 Å². The number of rotatable bonds is 10. The Kier molecular flexibility index (Phi) is 7.98. The van der Waals surface area contributed by atoms with Crippen molar-refractivity contribution in [1.29, 1.82) is 0 Å². The lowest BCUT2D eigenvalue weighted by Gasteiger charge is -2.25. The highest BCUT2D eigenvalue weighted by atomic mass is 16.5. The van der Waals surface area contributed by atoms with E-state index in [0.29, 0.717) is 36.6 Å². The Morgan fingerprint density at radius 3 is 2.27 bits per heavy atom. The van der Waals surface area contributed by atoms with Crippen LogP contribution in [0.2, 0.25) is 0 Å². The molecular weight excluding hydrogens is 422 g/mol. The molecule has 1 saturated heterocycles. The first-order chi connectivity index (χ1) is 16.0. The Bertz CT molecular complexity index is 1030. The van der Waals surface area contributed by atoms with Crippen LogP contribution in [-0.2, 0) is 9.59 Å². The second kappa shape index (κ2) is 10.9. The van der Waals surface area contributed by atoms with E-state index in [0.717, 1.165) is 24.2 Å². The SMILES string of the molecule is CCCCOc1ccc(C2/C(=C(/O)c3ccc(OC)cc3OC)C(=O)C(=O)N2CCC)cc1. The van der Waals surface area contributed by atoms with Gasteiger partial charge < -0.3 is 24.2 Å². The van der Waals surface area contributed by atoms with E-state index in [9.17, 15) is 14.7 Å². The fourth-order valence-corrected chi connectivity index (χ4v) is 3.92. The summed E-state index contributed by atoms with van der Waals surface area (Å²) in [5.74, 6) is -0.0144. The number of amides is 1. The molecule has 176 valence electrons. The van der Waals surface area contributed by atoms with Crippen molar-refractivity contribution in [1.82, 2.24) is 4.90 Å². The van der Waals surface area contributed by atoms with E-state index in [4.69, 9.17) is 14.2 Å². The van der Waals surface area contributed by atoms with Crippen LogP contribution in [0.5, 0.6) is 17.2 Å². The highest BCUT2D eigenvalue weighted by Gasteiger charge is 2.45. The lowest BCUT2D eigenvalue weighted by atomic mass is 9.95. The Balaban J connectivity index is 2.08. The van der Waals surface area contributed by atoms with Gasteiger partial charge in [-0.15, -0.1) is 0 Å². The van der Waals surface area contributed by atoms with Crippen molar-refractivity contribution >= 4 is 17.4 Å². The van der Waals surface area contributed by atoms with E-state index in [-0.39, 0.29) is 11.3 Å². The van der Waals surface area contributed by atoms with Gasteiger partial charge in [0.05, 0.1) is 38.0 Å². The maximum Gasteiger partial charge on any atom is 0.295 e. The predicted octanol–water partition coefficient (Wildman–Crippen LogP) is 4.71. The average molecular weight is 454 g/mol. The molecule has 1 N–H and O–H groups in total. The van der Waals surface area contributed by atoms with Gasteiger partial charge in [0.25, 0.3) is 11.7 Å². The number of methoxy groups -OCH3 is 2. The molecule has 3 rings (SSSR count). The summed E-state index contributed by atoms with van der Waals surface area (Å²) in [6.07, 6.45) is 2.67. The second-order valence-corrected chi connectivity index (χ2v) is 7.83. The number of nitrogens with zero attached hydrogens (tertiary/aromatic N) is 1. The predicted molar refractivity (Wildman–Crippen MR) is 126 cm³/mol. The maximum absolute atomic E-state index is 13.1. The zero-order valence-corrected chi connectivity index (χ0v) is 19.6. The first kappa shape index (κ1) is 24.2. The molecule has 2 aromatic carbocycles. The summed E-state index contributed by atoms with van der Waals surface area (Å²) in [5.41, 5.74) is 1.08. The summed E-state index contributed by atoms with van der Waals surface area (Å²) in [6.45, 7) is 5.05. The molecule has 0 spiro atoms. The summed E-state index contributed by atoms with van der Waals surface area (Å²) < 4.78 is 16.4. The van der Waals surface area contributed by atoms with Gasteiger partial charge >= 0.3 is 0 Å². The van der Waals surface area contributed by atoms with E-state index in [1.807, 2.05) is 31.2 Å². The van der Waals surface area contributed by atoms with Gasteiger partial charge in [0.2, 0.25) is 0 Å². The van der Waals surface area contributed by atoms with Crippen LogP contribution < -0.4 is 14.2 Å². The van der Waals surface area contributed by atoms with Crippen molar-refractivity contribution in [2.45, 2.75) is 39.2 Å². The van der Waals surface area contributed by atoms with Crippen molar-refractivity contribution in [2.75, 3.05) is 27.4 Å². The van der Waals surface area contributed by atoms with Crippen LogP contribution in [0.4, 0.5) is 0 Å². The molecule has 0 bridgehead atoms. The van der Waals surface area contributed by atoms with Gasteiger partial charge in [-0.1, -0.05) is 32.4 Å². The third kappa shape index (κ3) is 4.97. The van der Waals surface area contributed by atoms with Crippen molar-refractivity contribution in [2.24, 2.45) is 0 Å². The van der Waals surface area contributed by atoms with Gasteiger partial charge in [-0.05, 0) is 42.7 Å². The van der Waals surface area contributed by atoms with E-state index in [1.54, 1.807) is 18.2 Å². The number of ketones is 1. The molecule has 1 unspecified atom stereocenters. The molecule has 1 atom stereocenters. The van der Waals surface area contributed by atoms with Crippen LogP contribution in [0, 0.1) is 0 Å². The molecule has 0 saturated carbocycles. The number of unbranched alkanes of at least 4 members (excludes halogenated alkanes) is 1. The smallest absolute Gasteiger partial charge is 0.295 e. The van der Waals surface area contributed by atoms with Crippen LogP contribution >= 0.6 is 0 Å². The van der Waals surface area contributed by atoms with E-state index < -0.39 is 17.7 Å². The fraction of sp³-hybridized carbons (Fsp3) is 0.385. The minimum Gasteiger partial charge on any atom is -0.507 e. The molecular formula is C26H31NO6. The molecule has 0 aliphatic carbocycles. The highest BCUT2D eigenvalue weighted by molar-refractivity contribution is 6.46. The zero-order chi connectivity index (χ0) is 24.0. The van der Waals surface area contributed by atoms with Crippen LogP contribution in [0.3, 0.4) is 0 Å². The number of benzene rings is 2. The first-order valence-corrected chi connectivity index (χ1v) is 11.2. The molecule has 1 aliphatic heterocycles. The zero-order valence-electron chi connectivity index (χ0n) is 19.6. The number of hydrogen-bond acceptors (Lipinski definition) is 6. The van der Waals surface area contributed by atoms with Gasteiger partial charge in [-0.3, -0.25) is 9.59 Å². The number of carbonyl (C=O) groups excluding carboxylic acids is 2. The highest BCUT2D eigenvalue weighted by Crippen LogP contribution is 2.41. The number of Topliss-reactive ketones (excluding diaryl/α,β-unsaturated/α-hetero) is 1. The van der Waals surface area contributed by atoms with Gasteiger partial charge in [0.1, 0.15) is 23.0 Å². The van der Waals surface area contributed by atoms with Gasteiger partial charge in [-0.2, -0.15) is 0 Å². The quantitative estimate of drug-likeness (QED) is 0.243. The van der Waals surface area contributed by atoms with Crippen LogP contribution in [0.1, 0.15) is 50.3 Å². The summed E-state index contributed by atoms with van der Waals surface area (Å²) in [7, 11) is 3.00. The van der Waals surface area contributed by atoms with Crippen molar-refractivity contribution < 1.29 is 28.9 Å². The molecule has 7 heteroatoms. The molecule has 1 aliphatic rings. The lowest BCUT2D eigenvalue weighted by Crippen LogP contribution is -2.30. The summed E-state index contributed by atoms with van der Waals surface area (Å²) in [6, 6.07) is 11.5. The number of carbonyl (C=O) groups is 2. The van der Waals surface area contributed by atoms with Crippen molar-refractivity contribution in [3.63, 3.8) is 0 Å². The molecule has 7 nitrogen and oxygen atoms in total. The minimum atomic E-state index is -0.716. The number of aliphatic hydroxyl groups excluding tert-OH is 1. The first-order valence-electron chi connectivity index (χ1n) is 11.2. The second-order valence-electron chi connectivity index (χ2n) is 7.83. The van der Waals surface area contributed by atoms with Crippen LogP contribution in [-0.4, -0.2) is 49.1 Å². The van der Waals surface area contributed by atoms with Crippen LogP contribution in [0.15, 0.2) is 48.0 Å². The average Bonchev–Trinajstić information content (AvgIpc) is 3.09. The van der Waals surface area contributed by atoms with Gasteiger partial charge in [-0.25, -0.2) is 0 Å². The van der Waals surface area contributed by atoms with E-state index >= 15 is 0 Å². The van der Waals surface area contributed by atoms with Crippen LogP contribution in [0.25, 0.3) is 5.76 Å². The Hall–Kier alpha value is -3.48. The van der Waals surface area contributed by atoms with Gasteiger partial charge in [0.15, 0.2) is 0 Å². The maximum atomic E-state index is 13.1. The summed E-state index contributed by atoms with van der Waals surface area (Å²) in [5, 5.41) is 11.2. The molecule has 1 amide bonds. The van der Waals surface area contributed by atoms with Gasteiger partial charge in [0, 0.05) is 12.6 Å². The van der Waals surface area contributed by atoms with Crippen molar-refractivity contribution in [3.8, 4) is 17.2 Å². The molecule has 0 aromatic heterocycles. The fourth-order valence-electron chi connectivity index (χ4n) is 3.92. The standard InChI is InChI=1S/C26H31NO6/c1-5-7-15-33-18-10-8-17(9-11-18)23-22(25(29)26(30)27(23)14-6-2)24(28)20-13-12-19(31-3)16-21(20)32-4/h8-13,16,23,28H,5-7,14-15H2,1-4H3/b24-22-. The Labute approximate surface area is 194 Å². The summed E-state index contributed by atoms with van der Waals surface area (Å²) >= 11 is 0. The topological polar surface area (TPSA) is 85.3 Å². The third-order valence-corrected chi connectivity index (χ3v) is 5.63. The number of ether oxygens (including phenoxy) is 3. The molecule has 2 aromatic rings. The monoisotopic (exact) mass is 453 g/mol. The third-order valence-electron chi connectivity index (χ3n) is 5.63. The Morgan fingerprint density at radius 1 is 0.970 bits per heavy atom. The number of aliphatic hydroxyl groups is 1. The lowest BCUT2D eigenvalue weighted by molar-refractivity contribution is -0.139. The van der Waals surface area contributed by atoms with E-state index in [1.165, 1.54) is 19.1 Å². The largest absolute Gasteiger partial charge is 0.507 e. The molecule has 1 heterocycles. The number of hydrogen-bond donors (Lipinski definition) is 1. The number of likely N-dealkylation sites (tertiary alicyclic amines) is 1.